The highest BCUT2D eigenvalue weighted by Gasteiger charge is 2.17. The van der Waals surface area contributed by atoms with Crippen molar-refractivity contribution in [2.75, 3.05) is 34.9 Å². The number of amides is 3. The minimum Gasteiger partial charge on any atom is -0.357 e. The number of nitrogens with zero attached hydrogens (tertiary/aromatic N) is 5. The quantitative estimate of drug-likeness (QED) is 0.408. The van der Waals surface area contributed by atoms with Crippen molar-refractivity contribution in [3.05, 3.63) is 58.9 Å². The van der Waals surface area contributed by atoms with E-state index >= 15 is 0 Å². The van der Waals surface area contributed by atoms with Gasteiger partial charge >= 0.3 is 6.03 Å². The third kappa shape index (κ3) is 4.88. The molecule has 0 fully saturated rings. The van der Waals surface area contributed by atoms with Crippen molar-refractivity contribution in [3.8, 4) is 0 Å². The maximum absolute atomic E-state index is 12.8. The molecule has 0 aliphatic rings. The van der Waals surface area contributed by atoms with E-state index in [-0.39, 0.29) is 11.9 Å². The highest BCUT2D eigenvalue weighted by atomic mass is 32.1. The molecule has 168 valence electrons. The number of carbonyl (C=O) groups excluding carboxylic acids is 2. The van der Waals surface area contributed by atoms with Crippen LogP contribution in [0.5, 0.6) is 0 Å². The monoisotopic (exact) mass is 462 g/mol. The van der Waals surface area contributed by atoms with E-state index in [9.17, 15) is 9.59 Å². The first-order chi connectivity index (χ1) is 15.8. The maximum Gasteiger partial charge on any atom is 0.328 e. The Hall–Kier alpha value is -4.12. The Bertz CT molecular complexity index is 1350. The summed E-state index contributed by atoms with van der Waals surface area (Å²) in [5, 5.41) is 9.47. The summed E-state index contributed by atoms with van der Waals surface area (Å²) in [7, 11) is 3.22. The second kappa shape index (κ2) is 9.17. The number of aryl methyl sites for hydroxylation is 2. The fourth-order valence-corrected chi connectivity index (χ4v) is 3.89. The molecule has 0 aliphatic carbocycles. The molecule has 0 unspecified atom stereocenters. The maximum atomic E-state index is 12.8. The average Bonchev–Trinajstić information content (AvgIpc) is 3.19. The van der Waals surface area contributed by atoms with E-state index in [1.807, 2.05) is 32.0 Å². The smallest absolute Gasteiger partial charge is 0.328 e. The van der Waals surface area contributed by atoms with E-state index < -0.39 is 6.03 Å². The first-order valence-corrected chi connectivity index (χ1v) is 10.9. The largest absolute Gasteiger partial charge is 0.357 e. The zero-order valence-electron chi connectivity index (χ0n) is 18.5. The Morgan fingerprint density at radius 2 is 1.82 bits per heavy atom. The zero-order valence-corrected chi connectivity index (χ0v) is 19.3. The molecule has 3 amide bonds. The number of rotatable bonds is 5. The van der Waals surface area contributed by atoms with Gasteiger partial charge in [0, 0.05) is 31.0 Å². The van der Waals surface area contributed by atoms with E-state index in [1.54, 1.807) is 43.6 Å². The predicted molar refractivity (Wildman–Crippen MR) is 130 cm³/mol. The first-order valence-electron chi connectivity index (χ1n) is 10.0. The molecule has 2 aromatic heterocycles. The molecule has 0 radical (unpaired) electrons. The van der Waals surface area contributed by atoms with E-state index in [0.29, 0.717) is 22.9 Å². The molecular formula is C22H22N8O2S. The minimum absolute atomic E-state index is 0.186. The van der Waals surface area contributed by atoms with Crippen LogP contribution in [0, 0.1) is 13.8 Å². The Balaban J connectivity index is 1.50. The number of anilines is 4. The summed E-state index contributed by atoms with van der Waals surface area (Å²) in [6.07, 6.45) is 1.32. The number of carbonyl (C=O) groups is 2. The van der Waals surface area contributed by atoms with Crippen LogP contribution in [0.15, 0.2) is 42.7 Å². The third-order valence-electron chi connectivity index (χ3n) is 4.88. The Kier molecular flexibility index (Phi) is 6.13. The van der Waals surface area contributed by atoms with Crippen LogP contribution < -0.4 is 20.9 Å². The lowest BCUT2D eigenvalue weighted by atomic mass is 10.1. The van der Waals surface area contributed by atoms with Gasteiger partial charge in [-0.25, -0.2) is 19.7 Å². The Morgan fingerprint density at radius 1 is 1.00 bits per heavy atom. The lowest BCUT2D eigenvalue weighted by molar-refractivity contribution is 0.102. The topological polar surface area (TPSA) is 125 Å². The van der Waals surface area contributed by atoms with Crippen molar-refractivity contribution in [1.82, 2.24) is 19.9 Å². The van der Waals surface area contributed by atoms with E-state index in [2.05, 4.69) is 35.9 Å². The molecular weight excluding hydrogens is 440 g/mol. The van der Waals surface area contributed by atoms with Crippen molar-refractivity contribution < 1.29 is 9.59 Å². The van der Waals surface area contributed by atoms with Gasteiger partial charge < -0.3 is 16.0 Å². The van der Waals surface area contributed by atoms with Crippen LogP contribution in [0.1, 0.15) is 20.9 Å². The van der Waals surface area contributed by atoms with Crippen LogP contribution >= 0.6 is 11.3 Å². The SMILES string of the molecule is CNc1ncnc(N(C)C(=O)Nc2cc(C(=O)Nc3ccc4sc(C)nc4c3)ccc2C)n1. The molecule has 0 bridgehead atoms. The molecule has 2 aromatic carbocycles. The van der Waals surface area contributed by atoms with Gasteiger partial charge in [-0.15, -0.1) is 11.3 Å². The van der Waals surface area contributed by atoms with Gasteiger partial charge in [0.1, 0.15) is 6.33 Å². The van der Waals surface area contributed by atoms with Gasteiger partial charge in [-0.05, 0) is 49.7 Å². The summed E-state index contributed by atoms with van der Waals surface area (Å²) in [6.45, 7) is 3.79. The second-order valence-corrected chi connectivity index (χ2v) is 8.48. The van der Waals surface area contributed by atoms with Crippen LogP contribution in [-0.4, -0.2) is 46.0 Å². The summed E-state index contributed by atoms with van der Waals surface area (Å²) in [4.78, 5) is 43.4. The highest BCUT2D eigenvalue weighted by Crippen LogP contribution is 2.25. The molecule has 10 nitrogen and oxygen atoms in total. The van der Waals surface area contributed by atoms with Gasteiger partial charge in [-0.2, -0.15) is 4.98 Å². The Labute approximate surface area is 194 Å². The molecule has 0 saturated carbocycles. The van der Waals surface area contributed by atoms with Gasteiger partial charge in [-0.3, -0.25) is 9.69 Å². The van der Waals surface area contributed by atoms with Crippen molar-refractivity contribution >= 4 is 56.8 Å². The Morgan fingerprint density at radius 3 is 2.61 bits per heavy atom. The molecule has 0 aliphatic heterocycles. The number of hydrogen-bond acceptors (Lipinski definition) is 8. The van der Waals surface area contributed by atoms with E-state index in [4.69, 9.17) is 0 Å². The molecule has 11 heteroatoms. The molecule has 2 heterocycles. The number of thiazole rings is 1. The summed E-state index contributed by atoms with van der Waals surface area (Å²) in [6, 6.07) is 10.3. The molecule has 0 saturated heterocycles. The van der Waals surface area contributed by atoms with Crippen LogP contribution in [0.4, 0.5) is 28.1 Å². The predicted octanol–water partition coefficient (Wildman–Crippen LogP) is 4.06. The van der Waals surface area contributed by atoms with Gasteiger partial charge in [0.2, 0.25) is 11.9 Å². The molecule has 4 rings (SSSR count). The normalized spacial score (nSPS) is 10.7. The number of hydrogen-bond donors (Lipinski definition) is 3. The fourth-order valence-electron chi connectivity index (χ4n) is 3.08. The fraction of sp³-hybridized carbons (Fsp3) is 0.182. The molecule has 3 N–H and O–H groups in total. The summed E-state index contributed by atoms with van der Waals surface area (Å²) in [5.41, 5.74) is 3.21. The third-order valence-corrected chi connectivity index (χ3v) is 5.83. The minimum atomic E-state index is -0.451. The second-order valence-electron chi connectivity index (χ2n) is 7.25. The van der Waals surface area contributed by atoms with Crippen molar-refractivity contribution in [3.63, 3.8) is 0 Å². The summed E-state index contributed by atoms with van der Waals surface area (Å²) < 4.78 is 1.06. The van der Waals surface area contributed by atoms with E-state index in [1.165, 1.54) is 11.2 Å². The van der Waals surface area contributed by atoms with Crippen LogP contribution in [0.25, 0.3) is 10.2 Å². The van der Waals surface area contributed by atoms with Gasteiger partial charge in [0.25, 0.3) is 5.91 Å². The number of nitrogens with one attached hydrogen (secondary N) is 3. The lowest BCUT2D eigenvalue weighted by Gasteiger charge is -2.17. The molecule has 33 heavy (non-hydrogen) atoms. The van der Waals surface area contributed by atoms with Gasteiger partial charge in [-0.1, -0.05) is 6.07 Å². The number of benzene rings is 2. The summed E-state index contributed by atoms with van der Waals surface area (Å²) in [5.74, 6) is 0.243. The number of aromatic nitrogens is 4. The van der Waals surface area contributed by atoms with E-state index in [0.717, 1.165) is 20.8 Å². The number of urea groups is 1. The van der Waals surface area contributed by atoms with Crippen LogP contribution in [-0.2, 0) is 0 Å². The van der Waals surface area contributed by atoms with Crippen molar-refractivity contribution in [2.24, 2.45) is 0 Å². The molecule has 0 spiro atoms. The standard InChI is InChI=1S/C22H22N8O2S/c1-12-5-6-14(19(31)27-15-7-8-18-17(10-15)26-13(2)33-18)9-16(12)28-22(32)30(4)21-25-11-24-20(23-3)29-21/h5-11H,1-4H3,(H,27,31)(H,28,32)(H,23,24,25,29). The van der Waals surface area contributed by atoms with Gasteiger partial charge in [0.15, 0.2) is 0 Å². The van der Waals surface area contributed by atoms with Crippen LogP contribution in [0.3, 0.4) is 0 Å². The lowest BCUT2D eigenvalue weighted by Crippen LogP contribution is -2.33. The summed E-state index contributed by atoms with van der Waals surface area (Å²) >= 11 is 1.60. The zero-order chi connectivity index (χ0) is 23.5. The van der Waals surface area contributed by atoms with Crippen molar-refractivity contribution in [2.45, 2.75) is 13.8 Å². The van der Waals surface area contributed by atoms with Crippen molar-refractivity contribution in [1.29, 1.82) is 0 Å². The highest BCUT2D eigenvalue weighted by molar-refractivity contribution is 7.18. The van der Waals surface area contributed by atoms with Gasteiger partial charge in [0.05, 0.1) is 15.2 Å². The van der Waals surface area contributed by atoms with Crippen LogP contribution in [0.2, 0.25) is 0 Å². The average molecular weight is 463 g/mol. The number of fused-ring (bicyclic) bond motifs is 1. The molecule has 4 aromatic rings. The first kappa shape index (κ1) is 22.1. The molecule has 0 atom stereocenters.